The molecule has 0 saturated heterocycles. The van der Waals surface area contributed by atoms with E-state index in [1.54, 1.807) is 42.5 Å². The Hall–Kier alpha value is -3.35. The van der Waals surface area contributed by atoms with Gasteiger partial charge in [-0.1, -0.05) is 62.4 Å². The number of hydrogen-bond acceptors (Lipinski definition) is 4. The number of fused-ring (bicyclic) bond motifs is 4. The van der Waals surface area contributed by atoms with Gasteiger partial charge in [0.25, 0.3) is 10.1 Å². The number of hydrogen-bond donors (Lipinski definition) is 2. The largest absolute Gasteiger partial charge is 0.508 e. The first-order valence-electron chi connectivity index (χ1n) is 11.3. The molecular weight excluding hydrogens is 446 g/mol. The topological polar surface area (TPSA) is 77.8 Å². The summed E-state index contributed by atoms with van der Waals surface area (Å²) in [4.78, 5) is 2.14. The average Bonchev–Trinajstić information content (AvgIpc) is 3.02. The summed E-state index contributed by atoms with van der Waals surface area (Å²) in [5.41, 5.74) is 3.05. The molecule has 1 atom stereocenters. The normalized spacial score (nSPS) is 17.4. The van der Waals surface area contributed by atoms with E-state index in [2.05, 4.69) is 43.0 Å². The second kappa shape index (κ2) is 7.86. The standard InChI is InChI=1S/C28H27NO4S/c1-4-29-24-14-12-18-7-5-6-8-23(18)27(24)28(2,3)26(29)17-25(34(31,32)33)21-10-9-20-16-22(30)13-11-19(20)15-21/h5-17,25,30H,4H2,1-3H3,(H,31,32,33)/b26-17-. The fourth-order valence-electron chi connectivity index (χ4n) is 5.30. The van der Waals surface area contributed by atoms with Crippen LogP contribution < -0.4 is 4.90 Å². The molecular formula is C28H27NO4S. The van der Waals surface area contributed by atoms with Gasteiger partial charge in [-0.05, 0) is 69.9 Å². The highest BCUT2D eigenvalue weighted by atomic mass is 32.2. The Balaban J connectivity index is 1.71. The Labute approximate surface area is 199 Å². The van der Waals surface area contributed by atoms with E-state index in [0.717, 1.165) is 38.5 Å². The molecule has 2 N–H and O–H groups in total. The first-order chi connectivity index (χ1) is 16.1. The van der Waals surface area contributed by atoms with Gasteiger partial charge in [0.15, 0.2) is 0 Å². The Morgan fingerprint density at radius 1 is 0.941 bits per heavy atom. The Bertz CT molecular complexity index is 1570. The molecule has 1 aliphatic heterocycles. The predicted octanol–water partition coefficient (Wildman–Crippen LogP) is 6.33. The maximum Gasteiger partial charge on any atom is 0.275 e. The van der Waals surface area contributed by atoms with Gasteiger partial charge in [-0.3, -0.25) is 4.55 Å². The van der Waals surface area contributed by atoms with Crippen LogP contribution in [0.4, 0.5) is 5.69 Å². The zero-order chi connectivity index (χ0) is 24.3. The third-order valence-electron chi connectivity index (χ3n) is 6.88. The van der Waals surface area contributed by atoms with Crippen LogP contribution in [0, 0.1) is 0 Å². The highest BCUT2D eigenvalue weighted by molar-refractivity contribution is 7.86. The van der Waals surface area contributed by atoms with Crippen LogP contribution in [0.25, 0.3) is 21.5 Å². The fraction of sp³-hybridized carbons (Fsp3) is 0.214. The number of aromatic hydroxyl groups is 1. The van der Waals surface area contributed by atoms with Gasteiger partial charge in [-0.15, -0.1) is 0 Å². The van der Waals surface area contributed by atoms with Gasteiger partial charge in [0, 0.05) is 23.3 Å². The highest BCUT2D eigenvalue weighted by Gasteiger charge is 2.42. The first-order valence-corrected chi connectivity index (χ1v) is 12.8. The molecule has 1 heterocycles. The summed E-state index contributed by atoms with van der Waals surface area (Å²) < 4.78 is 35.6. The van der Waals surface area contributed by atoms with E-state index in [-0.39, 0.29) is 5.75 Å². The number of rotatable bonds is 4. The third-order valence-corrected chi connectivity index (χ3v) is 7.93. The molecule has 0 fully saturated rings. The number of allylic oxidation sites excluding steroid dienone is 1. The van der Waals surface area contributed by atoms with Gasteiger partial charge in [-0.2, -0.15) is 8.42 Å². The molecule has 0 aliphatic carbocycles. The quantitative estimate of drug-likeness (QED) is 0.339. The lowest BCUT2D eigenvalue weighted by molar-refractivity contribution is 0.474. The number of benzene rings is 4. The molecule has 5 rings (SSSR count). The lowest BCUT2D eigenvalue weighted by Crippen LogP contribution is -2.27. The van der Waals surface area contributed by atoms with Crippen molar-refractivity contribution in [1.29, 1.82) is 0 Å². The maximum absolute atomic E-state index is 12.7. The molecule has 0 saturated carbocycles. The monoisotopic (exact) mass is 473 g/mol. The fourth-order valence-corrected chi connectivity index (χ4v) is 6.09. The molecule has 0 amide bonds. The van der Waals surface area contributed by atoms with E-state index in [9.17, 15) is 18.1 Å². The van der Waals surface area contributed by atoms with Crippen molar-refractivity contribution in [2.45, 2.75) is 31.4 Å². The molecule has 1 unspecified atom stereocenters. The van der Waals surface area contributed by atoms with Crippen LogP contribution in [-0.2, 0) is 15.5 Å². The zero-order valence-corrected chi connectivity index (χ0v) is 20.2. The van der Waals surface area contributed by atoms with E-state index in [0.29, 0.717) is 12.1 Å². The Morgan fingerprint density at radius 2 is 1.62 bits per heavy atom. The second-order valence-electron chi connectivity index (χ2n) is 9.33. The molecule has 4 aromatic rings. The lowest BCUT2D eigenvalue weighted by atomic mass is 9.80. The minimum Gasteiger partial charge on any atom is -0.508 e. The van der Waals surface area contributed by atoms with Crippen LogP contribution in [0.1, 0.15) is 37.1 Å². The van der Waals surface area contributed by atoms with Crippen molar-refractivity contribution < 1.29 is 18.1 Å². The highest BCUT2D eigenvalue weighted by Crippen LogP contribution is 2.51. The molecule has 0 radical (unpaired) electrons. The van der Waals surface area contributed by atoms with Crippen molar-refractivity contribution in [3.8, 4) is 5.75 Å². The third kappa shape index (κ3) is 3.54. The van der Waals surface area contributed by atoms with Gasteiger partial charge in [0.1, 0.15) is 11.0 Å². The SMILES string of the molecule is CCN1/C(=C\C(c2ccc3cc(O)ccc3c2)S(=O)(=O)O)C(C)(C)c2c1ccc1ccccc21. The molecule has 5 nitrogen and oxygen atoms in total. The van der Waals surface area contributed by atoms with Crippen LogP contribution in [-0.4, -0.2) is 24.6 Å². The van der Waals surface area contributed by atoms with Crippen molar-refractivity contribution in [2.75, 3.05) is 11.4 Å². The summed E-state index contributed by atoms with van der Waals surface area (Å²) in [7, 11) is -4.45. The summed E-state index contributed by atoms with van der Waals surface area (Å²) in [6.45, 7) is 6.91. The Kier molecular flexibility index (Phi) is 5.19. The zero-order valence-electron chi connectivity index (χ0n) is 19.4. The average molecular weight is 474 g/mol. The van der Waals surface area contributed by atoms with Crippen molar-refractivity contribution in [3.63, 3.8) is 0 Å². The second-order valence-corrected chi connectivity index (χ2v) is 10.9. The molecule has 0 bridgehead atoms. The van der Waals surface area contributed by atoms with Crippen LogP contribution in [0.15, 0.2) is 84.6 Å². The minimum absolute atomic E-state index is 0.144. The molecule has 4 aromatic carbocycles. The van der Waals surface area contributed by atoms with Crippen molar-refractivity contribution in [3.05, 3.63) is 95.7 Å². The number of phenols is 1. The molecule has 1 aliphatic rings. The van der Waals surface area contributed by atoms with Gasteiger partial charge in [-0.25, -0.2) is 0 Å². The van der Waals surface area contributed by atoms with E-state index in [1.165, 1.54) is 0 Å². The molecule has 174 valence electrons. The number of anilines is 1. The molecule has 0 spiro atoms. The predicted molar refractivity (Wildman–Crippen MR) is 138 cm³/mol. The molecule has 34 heavy (non-hydrogen) atoms. The summed E-state index contributed by atoms with van der Waals surface area (Å²) in [5.74, 6) is 0.144. The molecule has 6 heteroatoms. The maximum atomic E-state index is 12.7. The summed E-state index contributed by atoms with van der Waals surface area (Å²) in [6, 6.07) is 22.5. The van der Waals surface area contributed by atoms with Crippen LogP contribution in [0.3, 0.4) is 0 Å². The van der Waals surface area contributed by atoms with E-state index >= 15 is 0 Å². The van der Waals surface area contributed by atoms with Crippen molar-refractivity contribution >= 4 is 37.4 Å². The number of nitrogens with zero attached hydrogens (tertiary/aromatic N) is 1. The smallest absolute Gasteiger partial charge is 0.275 e. The summed E-state index contributed by atoms with van der Waals surface area (Å²) >= 11 is 0. The van der Waals surface area contributed by atoms with E-state index in [1.807, 2.05) is 19.1 Å². The van der Waals surface area contributed by atoms with Crippen molar-refractivity contribution in [1.82, 2.24) is 0 Å². The van der Waals surface area contributed by atoms with Gasteiger partial charge in [0.2, 0.25) is 0 Å². The summed E-state index contributed by atoms with van der Waals surface area (Å²) in [5, 5.41) is 12.4. The van der Waals surface area contributed by atoms with Gasteiger partial charge in [0.05, 0.1) is 0 Å². The van der Waals surface area contributed by atoms with Gasteiger partial charge < -0.3 is 10.0 Å². The number of likely N-dealkylation sites (N-methyl/N-ethyl adjacent to an activating group) is 1. The Morgan fingerprint density at radius 3 is 2.35 bits per heavy atom. The van der Waals surface area contributed by atoms with E-state index in [4.69, 9.17) is 0 Å². The number of phenolic OH excluding ortho intramolecular Hbond substituents is 1. The van der Waals surface area contributed by atoms with Crippen LogP contribution in [0.2, 0.25) is 0 Å². The van der Waals surface area contributed by atoms with Crippen molar-refractivity contribution in [2.24, 2.45) is 0 Å². The van der Waals surface area contributed by atoms with Crippen LogP contribution in [0.5, 0.6) is 5.75 Å². The minimum atomic E-state index is -4.45. The van der Waals surface area contributed by atoms with E-state index < -0.39 is 20.8 Å². The first kappa shape index (κ1) is 22.4. The van der Waals surface area contributed by atoms with Crippen LogP contribution >= 0.6 is 0 Å². The lowest BCUT2D eigenvalue weighted by Gasteiger charge is -2.28. The summed E-state index contributed by atoms with van der Waals surface area (Å²) in [6.07, 6.45) is 1.69. The van der Waals surface area contributed by atoms with Gasteiger partial charge >= 0.3 is 0 Å². The molecule has 0 aromatic heterocycles.